The zero-order valence-corrected chi connectivity index (χ0v) is 19.9. The molecule has 30 heavy (non-hydrogen) atoms. The Morgan fingerprint density at radius 2 is 1.57 bits per heavy atom. The van der Waals surface area contributed by atoms with Crippen LogP contribution in [0.5, 0.6) is 0 Å². The minimum atomic E-state index is -0.317. The topological polar surface area (TPSA) is 66.5 Å². The molecule has 4 rings (SSSR count). The summed E-state index contributed by atoms with van der Waals surface area (Å²) in [5.41, 5.74) is 3.69. The molecule has 0 spiro atoms. The molecule has 2 aromatic rings. The molecular formula is C23H22Br2N2O3. The van der Waals surface area contributed by atoms with Crippen LogP contribution in [-0.2, 0) is 9.59 Å². The molecule has 2 aromatic carbocycles. The average Bonchev–Trinajstić information content (AvgIpc) is 2.95. The fourth-order valence-electron chi connectivity index (χ4n) is 4.22. The van der Waals surface area contributed by atoms with Crippen molar-refractivity contribution in [3.05, 3.63) is 59.2 Å². The highest BCUT2D eigenvalue weighted by Gasteiger charge is 2.52. The van der Waals surface area contributed by atoms with Crippen LogP contribution in [0.3, 0.4) is 0 Å². The third kappa shape index (κ3) is 3.73. The van der Waals surface area contributed by atoms with E-state index in [2.05, 4.69) is 37.2 Å². The standard InChI is InChI=1S/C23H22Br2N2O3/c1-12-5-3-8-20(13(12)2)26-21(28)14-6-4-7-15(9-14)27-22(29)16-10-18(24)19(25)11-17(16)23(27)30/h3-9,16-19H,10-11H2,1-2H3,(H,26,28)/t16-,17-,18-,19+/m1/s1. The van der Waals surface area contributed by atoms with Crippen molar-refractivity contribution < 1.29 is 14.4 Å². The first-order valence-corrected chi connectivity index (χ1v) is 11.7. The maximum Gasteiger partial charge on any atom is 0.255 e. The van der Waals surface area contributed by atoms with E-state index in [4.69, 9.17) is 0 Å². The number of nitrogens with zero attached hydrogens (tertiary/aromatic N) is 1. The van der Waals surface area contributed by atoms with E-state index < -0.39 is 0 Å². The van der Waals surface area contributed by atoms with Gasteiger partial charge < -0.3 is 5.32 Å². The van der Waals surface area contributed by atoms with Crippen molar-refractivity contribution in [1.29, 1.82) is 0 Å². The Kier molecular flexibility index (Phi) is 5.86. The van der Waals surface area contributed by atoms with Crippen molar-refractivity contribution in [3.63, 3.8) is 0 Å². The number of carbonyl (C=O) groups is 3. The van der Waals surface area contributed by atoms with Gasteiger partial charge in [-0.2, -0.15) is 0 Å². The number of imide groups is 1. The normalized spacial score (nSPS) is 25.9. The summed E-state index contributed by atoms with van der Waals surface area (Å²) >= 11 is 7.21. The molecule has 1 aliphatic heterocycles. The number of benzene rings is 2. The van der Waals surface area contributed by atoms with E-state index >= 15 is 0 Å². The Labute approximate surface area is 192 Å². The number of carbonyl (C=O) groups excluding carboxylic acids is 3. The number of halogens is 2. The van der Waals surface area contributed by atoms with Gasteiger partial charge >= 0.3 is 0 Å². The minimum absolute atomic E-state index is 0.158. The molecule has 1 saturated heterocycles. The van der Waals surface area contributed by atoms with E-state index in [0.717, 1.165) is 16.8 Å². The van der Waals surface area contributed by atoms with Gasteiger partial charge in [-0.1, -0.05) is 50.1 Å². The highest BCUT2D eigenvalue weighted by Crippen LogP contribution is 2.44. The van der Waals surface area contributed by atoms with Crippen molar-refractivity contribution in [2.24, 2.45) is 11.8 Å². The Morgan fingerprint density at radius 1 is 0.967 bits per heavy atom. The molecule has 0 aromatic heterocycles. The number of hydrogen-bond donors (Lipinski definition) is 1. The number of hydrogen-bond acceptors (Lipinski definition) is 3. The average molecular weight is 534 g/mol. The van der Waals surface area contributed by atoms with E-state index in [1.807, 2.05) is 32.0 Å². The first kappa shape index (κ1) is 21.2. The number of alkyl halides is 2. The molecule has 1 N–H and O–H groups in total. The Morgan fingerprint density at radius 3 is 2.20 bits per heavy atom. The van der Waals surface area contributed by atoms with Crippen LogP contribution >= 0.6 is 31.9 Å². The van der Waals surface area contributed by atoms with Gasteiger partial charge in [0.2, 0.25) is 11.8 Å². The lowest BCUT2D eigenvalue weighted by Gasteiger charge is -2.29. The Balaban J connectivity index is 1.59. The molecule has 0 radical (unpaired) electrons. The van der Waals surface area contributed by atoms with Gasteiger partial charge in [0.15, 0.2) is 0 Å². The van der Waals surface area contributed by atoms with Crippen LogP contribution in [0.15, 0.2) is 42.5 Å². The molecule has 1 heterocycles. The second-order valence-electron chi connectivity index (χ2n) is 7.98. The molecule has 4 atom stereocenters. The van der Waals surface area contributed by atoms with Crippen LogP contribution in [0.2, 0.25) is 0 Å². The highest BCUT2D eigenvalue weighted by atomic mass is 79.9. The van der Waals surface area contributed by atoms with E-state index in [1.165, 1.54) is 4.90 Å². The minimum Gasteiger partial charge on any atom is -0.322 e. The number of nitrogens with one attached hydrogen (secondary N) is 1. The van der Waals surface area contributed by atoms with Crippen molar-refractivity contribution in [3.8, 4) is 0 Å². The summed E-state index contributed by atoms with van der Waals surface area (Å²) in [6, 6.07) is 12.5. The highest BCUT2D eigenvalue weighted by molar-refractivity contribution is 9.12. The van der Waals surface area contributed by atoms with E-state index in [1.54, 1.807) is 24.3 Å². The maximum atomic E-state index is 13.0. The van der Waals surface area contributed by atoms with Crippen molar-refractivity contribution in [2.45, 2.75) is 36.3 Å². The summed E-state index contributed by atoms with van der Waals surface area (Å²) in [6.45, 7) is 3.95. The fraction of sp³-hybridized carbons (Fsp3) is 0.348. The molecule has 5 nitrogen and oxygen atoms in total. The van der Waals surface area contributed by atoms with Crippen LogP contribution in [0.25, 0.3) is 0 Å². The molecule has 0 bridgehead atoms. The van der Waals surface area contributed by atoms with Crippen LogP contribution in [0.4, 0.5) is 11.4 Å². The van der Waals surface area contributed by atoms with E-state index in [-0.39, 0.29) is 39.2 Å². The van der Waals surface area contributed by atoms with Crippen molar-refractivity contribution >= 4 is 61.0 Å². The zero-order valence-electron chi connectivity index (χ0n) is 16.7. The second kappa shape index (κ2) is 8.27. The Bertz CT molecular complexity index is 1010. The third-order valence-corrected chi connectivity index (χ3v) is 8.86. The van der Waals surface area contributed by atoms with E-state index in [9.17, 15) is 14.4 Å². The summed E-state index contributed by atoms with van der Waals surface area (Å²) in [5.74, 6) is -1.27. The smallest absolute Gasteiger partial charge is 0.255 e. The summed E-state index contributed by atoms with van der Waals surface area (Å²) in [6.07, 6.45) is 1.24. The molecule has 1 saturated carbocycles. The molecule has 2 aliphatic rings. The molecule has 3 amide bonds. The quantitative estimate of drug-likeness (QED) is 0.447. The Hall–Kier alpha value is -1.99. The molecule has 156 valence electrons. The lowest BCUT2D eigenvalue weighted by atomic mass is 9.81. The van der Waals surface area contributed by atoms with Crippen LogP contribution < -0.4 is 10.2 Å². The van der Waals surface area contributed by atoms with Crippen LogP contribution in [-0.4, -0.2) is 27.4 Å². The molecule has 0 unspecified atom stereocenters. The molecule has 7 heteroatoms. The van der Waals surface area contributed by atoms with Gasteiger partial charge in [-0.25, -0.2) is 0 Å². The second-order valence-corrected chi connectivity index (χ2v) is 10.3. The van der Waals surface area contributed by atoms with E-state index in [0.29, 0.717) is 24.1 Å². The fourth-order valence-corrected chi connectivity index (χ4v) is 5.45. The van der Waals surface area contributed by atoms with Gasteiger partial charge in [-0.05, 0) is 62.1 Å². The monoisotopic (exact) mass is 532 g/mol. The molecule has 1 aliphatic carbocycles. The van der Waals surface area contributed by atoms with Gasteiger partial charge in [0.05, 0.1) is 17.5 Å². The summed E-state index contributed by atoms with van der Waals surface area (Å²) in [7, 11) is 0. The number of amides is 3. The number of aryl methyl sites for hydroxylation is 1. The first-order valence-electron chi connectivity index (χ1n) is 9.91. The molecule has 2 fully saturated rings. The van der Waals surface area contributed by atoms with Gasteiger partial charge in [0.1, 0.15) is 0 Å². The van der Waals surface area contributed by atoms with Gasteiger partial charge in [-0.3, -0.25) is 19.3 Å². The van der Waals surface area contributed by atoms with Gasteiger partial charge in [0.25, 0.3) is 5.91 Å². The lowest BCUT2D eigenvalue weighted by Crippen LogP contribution is -2.34. The maximum absolute atomic E-state index is 13.0. The van der Waals surface area contributed by atoms with Crippen LogP contribution in [0.1, 0.15) is 34.3 Å². The number of anilines is 2. The molecular weight excluding hydrogens is 512 g/mol. The lowest BCUT2D eigenvalue weighted by molar-refractivity contribution is -0.122. The SMILES string of the molecule is Cc1cccc(NC(=O)c2cccc(N3C(=O)[C@@H]4C[C@@H](Br)[C@@H](Br)C[C@H]4C3=O)c2)c1C. The predicted octanol–water partition coefficient (Wildman–Crippen LogP) is 4.98. The first-order chi connectivity index (χ1) is 14.3. The van der Waals surface area contributed by atoms with Gasteiger partial charge in [0, 0.05) is 20.9 Å². The van der Waals surface area contributed by atoms with Crippen molar-refractivity contribution in [2.75, 3.05) is 10.2 Å². The summed E-state index contributed by atoms with van der Waals surface area (Å²) in [5, 5.41) is 2.93. The largest absolute Gasteiger partial charge is 0.322 e. The van der Waals surface area contributed by atoms with Crippen molar-refractivity contribution in [1.82, 2.24) is 0 Å². The van der Waals surface area contributed by atoms with Gasteiger partial charge in [-0.15, -0.1) is 0 Å². The predicted molar refractivity (Wildman–Crippen MR) is 124 cm³/mol. The number of fused-ring (bicyclic) bond motifs is 1. The number of rotatable bonds is 3. The summed E-state index contributed by atoms with van der Waals surface area (Å²) < 4.78 is 0. The third-order valence-electron chi connectivity index (χ3n) is 6.13. The zero-order chi connectivity index (χ0) is 21.6. The van der Waals surface area contributed by atoms with Crippen LogP contribution in [0, 0.1) is 25.7 Å². The summed E-state index contributed by atoms with van der Waals surface area (Å²) in [4.78, 5) is 40.5.